The second kappa shape index (κ2) is 5.31. The number of benzene rings is 1. The highest BCUT2D eigenvalue weighted by Gasteiger charge is 2.20. The van der Waals surface area contributed by atoms with Gasteiger partial charge in [0.2, 0.25) is 0 Å². The lowest BCUT2D eigenvalue weighted by atomic mass is 9.95. The van der Waals surface area contributed by atoms with E-state index in [2.05, 4.69) is 15.3 Å². The van der Waals surface area contributed by atoms with Gasteiger partial charge in [0.05, 0.1) is 0 Å². The van der Waals surface area contributed by atoms with Crippen molar-refractivity contribution in [1.29, 1.82) is 0 Å². The Morgan fingerprint density at radius 2 is 1.81 bits per heavy atom. The van der Waals surface area contributed by atoms with E-state index in [1.807, 2.05) is 33.8 Å². The Hall–Kier alpha value is -2.17. The maximum absolute atomic E-state index is 13.6. The van der Waals surface area contributed by atoms with Gasteiger partial charge in [0.15, 0.2) is 0 Å². The van der Waals surface area contributed by atoms with Crippen molar-refractivity contribution in [3.05, 3.63) is 41.0 Å². The normalized spacial score (nSPS) is 11.5. The SMILES string of the molecule is Cc1ccc(Nc2nc(C(C)(C)C)nc(N)c2C)cc1F. The second-order valence-electron chi connectivity index (χ2n) is 6.25. The van der Waals surface area contributed by atoms with Gasteiger partial charge in [-0.05, 0) is 31.5 Å². The topological polar surface area (TPSA) is 63.8 Å². The smallest absolute Gasteiger partial charge is 0.139 e. The van der Waals surface area contributed by atoms with E-state index < -0.39 is 0 Å². The number of nitrogens with zero attached hydrogens (tertiary/aromatic N) is 2. The molecule has 0 fully saturated rings. The van der Waals surface area contributed by atoms with Crippen molar-refractivity contribution in [2.75, 3.05) is 11.1 Å². The van der Waals surface area contributed by atoms with Crippen molar-refractivity contribution in [1.82, 2.24) is 9.97 Å². The van der Waals surface area contributed by atoms with Crippen molar-refractivity contribution >= 4 is 17.3 Å². The molecule has 3 N–H and O–H groups in total. The van der Waals surface area contributed by atoms with E-state index in [0.717, 1.165) is 5.56 Å². The van der Waals surface area contributed by atoms with Crippen LogP contribution in [0.15, 0.2) is 18.2 Å². The zero-order chi connectivity index (χ0) is 15.8. The van der Waals surface area contributed by atoms with E-state index in [9.17, 15) is 4.39 Å². The molecule has 2 rings (SSSR count). The van der Waals surface area contributed by atoms with Crippen LogP contribution in [0.5, 0.6) is 0 Å². The number of aromatic nitrogens is 2. The Kier molecular flexibility index (Phi) is 3.85. The minimum atomic E-state index is -0.254. The van der Waals surface area contributed by atoms with Crippen LogP contribution < -0.4 is 11.1 Å². The molecule has 112 valence electrons. The first-order valence-corrected chi connectivity index (χ1v) is 6.86. The molecule has 0 radical (unpaired) electrons. The maximum Gasteiger partial charge on any atom is 0.139 e. The predicted molar refractivity (Wildman–Crippen MR) is 84.3 cm³/mol. The number of nitrogen functional groups attached to an aromatic ring is 1. The fourth-order valence-electron chi connectivity index (χ4n) is 1.80. The monoisotopic (exact) mass is 288 g/mol. The van der Waals surface area contributed by atoms with Gasteiger partial charge in [-0.2, -0.15) is 0 Å². The number of hydrogen-bond donors (Lipinski definition) is 2. The van der Waals surface area contributed by atoms with Crippen molar-refractivity contribution < 1.29 is 4.39 Å². The Bertz CT molecular complexity index is 675. The Morgan fingerprint density at radius 1 is 1.14 bits per heavy atom. The summed E-state index contributed by atoms with van der Waals surface area (Å²) in [5, 5.41) is 3.12. The number of anilines is 3. The molecule has 5 heteroatoms. The molecule has 0 amide bonds. The molecule has 1 aromatic heterocycles. The highest BCUT2D eigenvalue weighted by Crippen LogP contribution is 2.27. The lowest BCUT2D eigenvalue weighted by Gasteiger charge is -2.20. The number of nitrogens with two attached hydrogens (primary N) is 1. The van der Waals surface area contributed by atoms with E-state index in [4.69, 9.17) is 5.73 Å². The molecule has 0 saturated heterocycles. The maximum atomic E-state index is 13.6. The summed E-state index contributed by atoms with van der Waals surface area (Å²) in [7, 11) is 0. The minimum Gasteiger partial charge on any atom is -0.383 e. The summed E-state index contributed by atoms with van der Waals surface area (Å²) in [4.78, 5) is 8.86. The largest absolute Gasteiger partial charge is 0.383 e. The van der Waals surface area contributed by atoms with Gasteiger partial charge in [-0.3, -0.25) is 0 Å². The summed E-state index contributed by atoms with van der Waals surface area (Å²) < 4.78 is 13.6. The molecule has 1 heterocycles. The average molecular weight is 288 g/mol. The lowest BCUT2D eigenvalue weighted by Crippen LogP contribution is -2.18. The van der Waals surface area contributed by atoms with E-state index >= 15 is 0 Å². The predicted octanol–water partition coefficient (Wildman–Crippen LogP) is 3.86. The van der Waals surface area contributed by atoms with E-state index in [1.165, 1.54) is 6.07 Å². The fraction of sp³-hybridized carbons (Fsp3) is 0.375. The van der Waals surface area contributed by atoms with Crippen LogP contribution in [-0.2, 0) is 5.41 Å². The summed E-state index contributed by atoms with van der Waals surface area (Å²) in [6.07, 6.45) is 0. The molecule has 0 aliphatic rings. The third kappa shape index (κ3) is 3.29. The standard InChI is InChI=1S/C16H21FN4/c1-9-6-7-11(8-12(9)17)19-14-10(2)13(18)20-15(21-14)16(3,4)5/h6-8H,1-5H3,(H3,18,19,20,21). The Labute approximate surface area is 124 Å². The summed E-state index contributed by atoms with van der Waals surface area (Å²) in [5.74, 6) is 1.44. The first-order chi connectivity index (χ1) is 9.68. The molecular weight excluding hydrogens is 267 g/mol. The van der Waals surface area contributed by atoms with Crippen LogP contribution in [0.1, 0.15) is 37.7 Å². The molecule has 0 atom stereocenters. The van der Waals surface area contributed by atoms with Gasteiger partial charge < -0.3 is 11.1 Å². The number of halogens is 1. The molecule has 2 aromatic rings. The van der Waals surface area contributed by atoms with Gasteiger partial charge in [-0.1, -0.05) is 26.8 Å². The summed E-state index contributed by atoms with van der Waals surface area (Å²) in [6.45, 7) is 9.63. The van der Waals surface area contributed by atoms with Gasteiger partial charge in [0, 0.05) is 16.7 Å². The summed E-state index contributed by atoms with van der Waals surface area (Å²) in [6, 6.07) is 4.99. The minimum absolute atomic E-state index is 0.212. The molecule has 21 heavy (non-hydrogen) atoms. The fourth-order valence-corrected chi connectivity index (χ4v) is 1.80. The highest BCUT2D eigenvalue weighted by atomic mass is 19.1. The highest BCUT2D eigenvalue weighted by molar-refractivity contribution is 5.64. The van der Waals surface area contributed by atoms with Crippen molar-refractivity contribution in [2.24, 2.45) is 0 Å². The molecule has 0 saturated carbocycles. The molecule has 0 aliphatic heterocycles. The van der Waals surface area contributed by atoms with E-state index in [1.54, 1.807) is 13.0 Å². The van der Waals surface area contributed by atoms with Gasteiger partial charge >= 0.3 is 0 Å². The molecule has 0 aliphatic carbocycles. The number of aryl methyl sites for hydroxylation is 1. The Balaban J connectivity index is 2.43. The van der Waals surface area contributed by atoms with Crippen molar-refractivity contribution in [3.8, 4) is 0 Å². The van der Waals surface area contributed by atoms with Crippen LogP contribution in [-0.4, -0.2) is 9.97 Å². The molecule has 0 spiro atoms. The molecule has 0 bridgehead atoms. The molecular formula is C16H21FN4. The average Bonchev–Trinajstić information content (AvgIpc) is 2.38. The van der Waals surface area contributed by atoms with E-state index in [0.29, 0.717) is 28.7 Å². The van der Waals surface area contributed by atoms with Crippen LogP contribution in [0.25, 0.3) is 0 Å². The van der Waals surface area contributed by atoms with Gasteiger partial charge in [-0.25, -0.2) is 14.4 Å². The number of hydrogen-bond acceptors (Lipinski definition) is 4. The third-order valence-corrected chi connectivity index (χ3v) is 3.29. The number of rotatable bonds is 2. The quantitative estimate of drug-likeness (QED) is 0.881. The van der Waals surface area contributed by atoms with Crippen LogP contribution in [0.2, 0.25) is 0 Å². The van der Waals surface area contributed by atoms with Crippen LogP contribution in [0.3, 0.4) is 0 Å². The van der Waals surface area contributed by atoms with Crippen LogP contribution in [0.4, 0.5) is 21.7 Å². The zero-order valence-electron chi connectivity index (χ0n) is 13.1. The second-order valence-corrected chi connectivity index (χ2v) is 6.25. The van der Waals surface area contributed by atoms with Crippen molar-refractivity contribution in [2.45, 2.75) is 40.0 Å². The molecule has 4 nitrogen and oxygen atoms in total. The van der Waals surface area contributed by atoms with E-state index in [-0.39, 0.29) is 11.2 Å². The first kappa shape index (κ1) is 15.2. The summed E-state index contributed by atoms with van der Waals surface area (Å²) >= 11 is 0. The molecule has 0 unspecified atom stereocenters. The lowest BCUT2D eigenvalue weighted by molar-refractivity contribution is 0.546. The van der Waals surface area contributed by atoms with Gasteiger partial charge in [-0.15, -0.1) is 0 Å². The Morgan fingerprint density at radius 3 is 2.38 bits per heavy atom. The van der Waals surface area contributed by atoms with Crippen molar-refractivity contribution in [3.63, 3.8) is 0 Å². The number of nitrogens with one attached hydrogen (secondary N) is 1. The summed E-state index contributed by atoms with van der Waals surface area (Å²) in [5.41, 5.74) is 7.75. The third-order valence-electron chi connectivity index (χ3n) is 3.29. The van der Waals surface area contributed by atoms with Gasteiger partial charge in [0.1, 0.15) is 23.3 Å². The zero-order valence-corrected chi connectivity index (χ0v) is 13.1. The van der Waals surface area contributed by atoms with Crippen LogP contribution in [0, 0.1) is 19.7 Å². The van der Waals surface area contributed by atoms with Gasteiger partial charge in [0.25, 0.3) is 0 Å². The molecule has 1 aromatic carbocycles. The first-order valence-electron chi connectivity index (χ1n) is 6.86. The van der Waals surface area contributed by atoms with Crippen LogP contribution >= 0.6 is 0 Å².